The number of nitrogens with zero attached hydrogens (tertiary/aromatic N) is 1. The summed E-state index contributed by atoms with van der Waals surface area (Å²) in [5.41, 5.74) is 3.62. The third kappa shape index (κ3) is 7.00. The molecule has 5 nitrogen and oxygen atoms in total. The second-order valence-corrected chi connectivity index (χ2v) is 8.67. The van der Waals surface area contributed by atoms with E-state index >= 15 is 0 Å². The molecule has 0 aliphatic rings. The van der Waals surface area contributed by atoms with E-state index in [1.54, 1.807) is 0 Å². The largest absolute Gasteiger partial charge is 0.383 e. The van der Waals surface area contributed by atoms with Crippen LogP contribution in [0.1, 0.15) is 13.3 Å². The van der Waals surface area contributed by atoms with E-state index in [2.05, 4.69) is 16.3 Å². The molecule has 0 aliphatic carbocycles. The Bertz CT molecular complexity index is 798. The van der Waals surface area contributed by atoms with Gasteiger partial charge in [-0.25, -0.2) is 4.08 Å². The van der Waals surface area contributed by atoms with Crippen molar-refractivity contribution in [1.29, 1.82) is 0 Å². The maximum absolute atomic E-state index is 11.9. The van der Waals surface area contributed by atoms with Gasteiger partial charge in [-0.3, -0.25) is 4.79 Å². The topological polar surface area (TPSA) is 64.6 Å². The molecular formula is C19H24N3O2PS2. The molecular weight excluding hydrogens is 397 g/mol. The highest BCUT2D eigenvalue weighted by Crippen LogP contribution is 2.30. The summed E-state index contributed by atoms with van der Waals surface area (Å²) in [4.78, 5) is 12.8. The summed E-state index contributed by atoms with van der Waals surface area (Å²) in [5, 5.41) is 8.93. The second-order valence-electron chi connectivity index (χ2n) is 5.59. The Hall–Kier alpha value is -1.26. The molecule has 27 heavy (non-hydrogen) atoms. The lowest BCUT2D eigenvalue weighted by Crippen LogP contribution is -2.24. The molecule has 0 heterocycles. The fourth-order valence-electron chi connectivity index (χ4n) is 2.52. The van der Waals surface area contributed by atoms with Crippen LogP contribution in [0.25, 0.3) is 10.8 Å². The zero-order valence-corrected chi connectivity index (χ0v) is 17.8. The van der Waals surface area contributed by atoms with Crippen LogP contribution >= 0.6 is 32.7 Å². The van der Waals surface area contributed by atoms with E-state index in [1.165, 1.54) is 11.9 Å². The van der Waals surface area contributed by atoms with Crippen molar-refractivity contribution in [2.24, 2.45) is 0 Å². The van der Waals surface area contributed by atoms with Gasteiger partial charge in [-0.1, -0.05) is 36.9 Å². The number of anilines is 1. The molecule has 2 aromatic rings. The molecule has 3 N–H and O–H groups in total. The van der Waals surface area contributed by atoms with Crippen molar-refractivity contribution in [3.8, 4) is 12.1 Å². The van der Waals surface area contributed by atoms with Gasteiger partial charge in [0.25, 0.3) is 0 Å². The van der Waals surface area contributed by atoms with Gasteiger partial charge in [0.15, 0.2) is 0 Å². The van der Waals surface area contributed by atoms with Crippen LogP contribution in [0.3, 0.4) is 0 Å². The highest BCUT2D eigenvalue weighted by molar-refractivity contribution is 8.14. The van der Waals surface area contributed by atoms with Gasteiger partial charge in [0.2, 0.25) is 5.12 Å². The summed E-state index contributed by atoms with van der Waals surface area (Å²) in [6, 6.07) is 11.9. The van der Waals surface area contributed by atoms with Gasteiger partial charge in [-0.05, 0) is 17.5 Å². The summed E-state index contributed by atoms with van der Waals surface area (Å²) in [6.45, 7) is 4.90. The SMILES string of the molecule is C#CPN(CC)SC(=O)CCNCCNc1cccc2c(SO)cccc12. The zero-order valence-electron chi connectivity index (χ0n) is 15.2. The Morgan fingerprint density at radius 2 is 2.00 bits per heavy atom. The van der Waals surface area contributed by atoms with Crippen LogP contribution in [0.4, 0.5) is 5.69 Å². The van der Waals surface area contributed by atoms with Crippen molar-refractivity contribution in [3.05, 3.63) is 36.4 Å². The van der Waals surface area contributed by atoms with Crippen molar-refractivity contribution in [2.75, 3.05) is 31.5 Å². The number of carbonyl (C=O) groups is 1. The fraction of sp³-hybridized carbons (Fsp3) is 0.316. The normalized spacial score (nSPS) is 11.3. The molecule has 8 heteroatoms. The number of terminal acetylenes is 1. The van der Waals surface area contributed by atoms with Crippen LogP contribution in [0.2, 0.25) is 0 Å². The highest BCUT2D eigenvalue weighted by Gasteiger charge is 2.09. The van der Waals surface area contributed by atoms with Crippen LogP contribution < -0.4 is 10.6 Å². The number of rotatable bonds is 11. The molecule has 0 radical (unpaired) electrons. The maximum atomic E-state index is 11.9. The van der Waals surface area contributed by atoms with Gasteiger partial charge >= 0.3 is 0 Å². The van der Waals surface area contributed by atoms with Crippen molar-refractivity contribution < 1.29 is 9.35 Å². The van der Waals surface area contributed by atoms with E-state index in [-0.39, 0.29) is 13.8 Å². The van der Waals surface area contributed by atoms with Gasteiger partial charge in [0.1, 0.15) is 0 Å². The molecule has 0 amide bonds. The lowest BCUT2D eigenvalue weighted by atomic mass is 10.1. The number of hydrogen-bond donors (Lipinski definition) is 3. The monoisotopic (exact) mass is 421 g/mol. The predicted molar refractivity (Wildman–Crippen MR) is 121 cm³/mol. The molecule has 0 saturated carbocycles. The fourth-order valence-corrected chi connectivity index (χ4v) is 4.46. The van der Waals surface area contributed by atoms with Gasteiger partial charge in [0, 0.05) is 81.3 Å². The average Bonchev–Trinajstić information content (AvgIpc) is 2.69. The first-order valence-electron chi connectivity index (χ1n) is 8.67. The Morgan fingerprint density at radius 3 is 2.74 bits per heavy atom. The van der Waals surface area contributed by atoms with Gasteiger partial charge < -0.3 is 15.2 Å². The van der Waals surface area contributed by atoms with E-state index in [1.807, 2.05) is 47.4 Å². The molecule has 0 spiro atoms. The molecule has 0 aliphatic heterocycles. The lowest BCUT2D eigenvalue weighted by molar-refractivity contribution is -0.111. The molecule has 0 saturated heterocycles. The van der Waals surface area contributed by atoms with Gasteiger partial charge in [-0.15, -0.1) is 6.42 Å². The van der Waals surface area contributed by atoms with Crippen molar-refractivity contribution >= 4 is 54.3 Å². The number of hydrogen-bond acceptors (Lipinski definition) is 7. The molecule has 0 aromatic heterocycles. The van der Waals surface area contributed by atoms with E-state index in [0.29, 0.717) is 13.0 Å². The number of nitrogens with one attached hydrogen (secondary N) is 2. The number of fused-ring (bicyclic) bond motifs is 1. The Balaban J connectivity index is 1.73. The van der Waals surface area contributed by atoms with Crippen LogP contribution in [-0.2, 0) is 4.79 Å². The minimum Gasteiger partial charge on any atom is -0.383 e. The molecule has 2 rings (SSSR count). The standard InChI is InChI=1S/C19H24N3O2PS2/c1-3-22(25-4-2)26-19(23)11-12-20-13-14-21-17-9-5-8-16-15(17)7-6-10-18(16)27-24/h2,5-10,20-21,24-25H,3,11-14H2,1H3. The second kappa shape index (κ2) is 12.2. The lowest BCUT2D eigenvalue weighted by Gasteiger charge is -2.14. The number of benzene rings is 2. The van der Waals surface area contributed by atoms with Gasteiger partial charge in [-0.2, -0.15) is 0 Å². The summed E-state index contributed by atoms with van der Waals surface area (Å²) in [6.07, 6.45) is 5.77. The van der Waals surface area contributed by atoms with E-state index in [4.69, 9.17) is 6.42 Å². The first-order valence-corrected chi connectivity index (χ1v) is 11.2. The Kier molecular flexibility index (Phi) is 10.00. The molecule has 1 atom stereocenters. The van der Waals surface area contributed by atoms with Crippen LogP contribution in [0.15, 0.2) is 41.3 Å². The first-order chi connectivity index (χ1) is 13.2. The van der Waals surface area contributed by atoms with Crippen LogP contribution in [0, 0.1) is 12.1 Å². The third-order valence-corrected chi connectivity index (χ3v) is 6.47. The zero-order chi connectivity index (χ0) is 19.5. The highest BCUT2D eigenvalue weighted by atomic mass is 32.2. The van der Waals surface area contributed by atoms with Crippen LogP contribution in [0.5, 0.6) is 0 Å². The van der Waals surface area contributed by atoms with Crippen molar-refractivity contribution in [1.82, 2.24) is 9.39 Å². The Morgan fingerprint density at radius 1 is 1.22 bits per heavy atom. The summed E-state index contributed by atoms with van der Waals surface area (Å²) in [7, 11) is 0.234. The summed E-state index contributed by atoms with van der Waals surface area (Å²) in [5.74, 6) is 0. The molecule has 2 aromatic carbocycles. The van der Waals surface area contributed by atoms with E-state index in [9.17, 15) is 9.35 Å². The Labute approximate surface area is 171 Å². The first kappa shape index (κ1) is 22.0. The van der Waals surface area contributed by atoms with Crippen LogP contribution in [-0.4, -0.2) is 39.9 Å². The smallest absolute Gasteiger partial charge is 0.205 e. The quantitative estimate of drug-likeness (QED) is 0.163. The third-order valence-electron chi connectivity index (χ3n) is 3.79. The predicted octanol–water partition coefficient (Wildman–Crippen LogP) is 4.48. The van der Waals surface area contributed by atoms with Crippen molar-refractivity contribution in [3.63, 3.8) is 0 Å². The van der Waals surface area contributed by atoms with Crippen molar-refractivity contribution in [2.45, 2.75) is 18.2 Å². The van der Waals surface area contributed by atoms with E-state index < -0.39 is 0 Å². The van der Waals surface area contributed by atoms with Gasteiger partial charge in [0.05, 0.1) is 0 Å². The molecule has 1 unspecified atom stereocenters. The minimum absolute atomic E-state index is 0.128. The molecule has 0 fully saturated rings. The molecule has 144 valence electrons. The van der Waals surface area contributed by atoms with E-state index in [0.717, 1.165) is 53.0 Å². The summed E-state index contributed by atoms with van der Waals surface area (Å²) < 4.78 is 11.3. The summed E-state index contributed by atoms with van der Waals surface area (Å²) >= 11 is 1.99. The maximum Gasteiger partial charge on any atom is 0.205 e. The molecule has 0 bridgehead atoms. The number of carbonyl (C=O) groups excluding carboxylic acids is 1. The minimum atomic E-state index is 0.128. The average molecular weight is 422 g/mol.